The molecule has 0 heterocycles. The zero-order chi connectivity index (χ0) is 11.3. The molecule has 1 aromatic carbocycles. The van der Waals surface area contributed by atoms with Gasteiger partial charge in [-0.25, -0.2) is 4.79 Å². The number of urea groups is 1. The third kappa shape index (κ3) is 3.34. The summed E-state index contributed by atoms with van der Waals surface area (Å²) in [6.07, 6.45) is 3.29. The van der Waals surface area contributed by atoms with E-state index in [9.17, 15) is 4.79 Å². The molecule has 80 valence electrons. The number of hydrogen-bond donors (Lipinski definition) is 3. The van der Waals surface area contributed by atoms with Crippen LogP contribution >= 0.6 is 0 Å². The highest BCUT2D eigenvalue weighted by Gasteiger charge is 2.02. The molecule has 4 N–H and O–H groups in total. The lowest BCUT2D eigenvalue weighted by molar-refractivity contribution is 0.255. The molecule has 0 radical (unpaired) electrons. The fraction of sp³-hybridized carbons (Fsp3) is 0.182. The van der Waals surface area contributed by atoms with Gasteiger partial charge in [-0.15, -0.1) is 0 Å². The maximum absolute atomic E-state index is 11.3. The van der Waals surface area contributed by atoms with E-state index < -0.39 is 0 Å². The van der Waals surface area contributed by atoms with Gasteiger partial charge in [0, 0.05) is 6.20 Å². The summed E-state index contributed by atoms with van der Waals surface area (Å²) in [6.45, 7) is 3.76. The number of nitrogen functional groups attached to an aromatic ring is 1. The zero-order valence-corrected chi connectivity index (χ0v) is 8.87. The van der Waals surface area contributed by atoms with Crippen LogP contribution in [-0.2, 0) is 0 Å². The van der Waals surface area contributed by atoms with Crippen molar-refractivity contribution in [2.45, 2.75) is 13.8 Å². The first-order chi connectivity index (χ1) is 7.13. The van der Waals surface area contributed by atoms with E-state index in [4.69, 9.17) is 5.73 Å². The fourth-order valence-electron chi connectivity index (χ4n) is 1.10. The standard InChI is InChI=1S/C11H15N3O/c1-3-6-13-11(15)14-10-7-8(2)4-5-9(10)12/h3-7H,12H2,1-2H3,(H2,13,14,15)/b6-3+. The summed E-state index contributed by atoms with van der Waals surface area (Å²) in [4.78, 5) is 11.3. The van der Waals surface area contributed by atoms with Gasteiger partial charge in [0.25, 0.3) is 0 Å². The normalized spacial score (nSPS) is 10.3. The van der Waals surface area contributed by atoms with Gasteiger partial charge in [-0.05, 0) is 31.5 Å². The monoisotopic (exact) mass is 205 g/mol. The second-order valence-corrected chi connectivity index (χ2v) is 3.19. The van der Waals surface area contributed by atoms with E-state index in [1.165, 1.54) is 0 Å². The van der Waals surface area contributed by atoms with Gasteiger partial charge in [-0.1, -0.05) is 12.1 Å². The molecule has 0 aliphatic carbocycles. The molecule has 1 aromatic rings. The molecule has 0 spiro atoms. The van der Waals surface area contributed by atoms with Crippen LogP contribution in [-0.4, -0.2) is 6.03 Å². The number of benzene rings is 1. The number of carbonyl (C=O) groups is 1. The van der Waals surface area contributed by atoms with E-state index in [-0.39, 0.29) is 6.03 Å². The summed E-state index contributed by atoms with van der Waals surface area (Å²) in [5, 5.41) is 5.20. The number of carbonyl (C=O) groups excluding carboxylic acids is 1. The SMILES string of the molecule is C/C=C/NC(=O)Nc1cc(C)ccc1N. The van der Waals surface area contributed by atoms with E-state index in [0.717, 1.165) is 5.56 Å². The third-order valence-electron chi connectivity index (χ3n) is 1.84. The van der Waals surface area contributed by atoms with E-state index in [1.807, 2.05) is 26.0 Å². The summed E-state index contributed by atoms with van der Waals surface area (Å²) in [5.74, 6) is 0. The van der Waals surface area contributed by atoms with E-state index >= 15 is 0 Å². The Balaban J connectivity index is 2.71. The average Bonchev–Trinajstić information content (AvgIpc) is 2.20. The Labute approximate surface area is 89.2 Å². The van der Waals surface area contributed by atoms with Gasteiger partial charge in [0.05, 0.1) is 11.4 Å². The Morgan fingerprint density at radius 1 is 1.47 bits per heavy atom. The fourth-order valence-corrected chi connectivity index (χ4v) is 1.10. The van der Waals surface area contributed by atoms with Gasteiger partial charge in [0.15, 0.2) is 0 Å². The number of allylic oxidation sites excluding steroid dienone is 1. The lowest BCUT2D eigenvalue weighted by Gasteiger charge is -2.08. The average molecular weight is 205 g/mol. The van der Waals surface area contributed by atoms with Crippen LogP contribution in [0.3, 0.4) is 0 Å². The van der Waals surface area contributed by atoms with Gasteiger partial charge >= 0.3 is 6.03 Å². The van der Waals surface area contributed by atoms with Crippen LogP contribution in [0.15, 0.2) is 30.5 Å². The molecule has 0 saturated heterocycles. The zero-order valence-electron chi connectivity index (χ0n) is 8.87. The number of amides is 2. The molecule has 15 heavy (non-hydrogen) atoms. The molecular formula is C11H15N3O. The number of rotatable bonds is 2. The molecule has 0 fully saturated rings. The van der Waals surface area contributed by atoms with Crippen molar-refractivity contribution in [3.8, 4) is 0 Å². The molecular weight excluding hydrogens is 190 g/mol. The molecule has 0 bridgehead atoms. The predicted molar refractivity (Wildman–Crippen MR) is 62.6 cm³/mol. The second kappa shape index (κ2) is 5.05. The van der Waals surface area contributed by atoms with Crippen molar-refractivity contribution in [2.75, 3.05) is 11.1 Å². The minimum Gasteiger partial charge on any atom is -0.397 e. The van der Waals surface area contributed by atoms with Gasteiger partial charge in [0.1, 0.15) is 0 Å². The van der Waals surface area contributed by atoms with Crippen LogP contribution in [0.5, 0.6) is 0 Å². The van der Waals surface area contributed by atoms with Crippen molar-refractivity contribution >= 4 is 17.4 Å². The lowest BCUT2D eigenvalue weighted by Crippen LogP contribution is -2.24. The van der Waals surface area contributed by atoms with Crippen LogP contribution in [0.25, 0.3) is 0 Å². The topological polar surface area (TPSA) is 67.2 Å². The molecule has 1 rings (SSSR count). The molecule has 0 unspecified atom stereocenters. The summed E-state index contributed by atoms with van der Waals surface area (Å²) in [6, 6.07) is 5.18. The molecule has 0 atom stereocenters. The summed E-state index contributed by atoms with van der Waals surface area (Å²) in [7, 11) is 0. The smallest absolute Gasteiger partial charge is 0.323 e. The van der Waals surface area contributed by atoms with Gasteiger partial charge in [0.2, 0.25) is 0 Å². The lowest BCUT2D eigenvalue weighted by atomic mass is 10.2. The van der Waals surface area contributed by atoms with Crippen LogP contribution in [0.2, 0.25) is 0 Å². The number of nitrogens with one attached hydrogen (secondary N) is 2. The molecule has 0 aromatic heterocycles. The quantitative estimate of drug-likeness (QED) is 0.648. The van der Waals surface area contributed by atoms with Crippen molar-refractivity contribution in [1.82, 2.24) is 5.32 Å². The number of nitrogens with two attached hydrogens (primary N) is 1. The van der Waals surface area contributed by atoms with Crippen molar-refractivity contribution in [3.05, 3.63) is 36.0 Å². The van der Waals surface area contributed by atoms with Crippen molar-refractivity contribution < 1.29 is 4.79 Å². The molecule has 0 aliphatic rings. The first kappa shape index (κ1) is 11.1. The number of anilines is 2. The maximum Gasteiger partial charge on any atom is 0.323 e. The Morgan fingerprint density at radius 2 is 2.20 bits per heavy atom. The molecule has 2 amide bonds. The summed E-state index contributed by atoms with van der Waals surface area (Å²) < 4.78 is 0. The Morgan fingerprint density at radius 3 is 2.87 bits per heavy atom. The Bertz CT molecular complexity index is 385. The predicted octanol–water partition coefficient (Wildman–Crippen LogP) is 2.23. The second-order valence-electron chi connectivity index (χ2n) is 3.19. The number of aryl methyl sites for hydroxylation is 1. The van der Waals surface area contributed by atoms with Crippen molar-refractivity contribution in [2.24, 2.45) is 0 Å². The molecule has 4 nitrogen and oxygen atoms in total. The molecule has 0 saturated carbocycles. The largest absolute Gasteiger partial charge is 0.397 e. The highest BCUT2D eigenvalue weighted by molar-refractivity contribution is 5.93. The van der Waals surface area contributed by atoms with Gasteiger partial charge < -0.3 is 16.4 Å². The minimum atomic E-state index is -0.301. The van der Waals surface area contributed by atoms with Crippen molar-refractivity contribution in [3.63, 3.8) is 0 Å². The Hall–Kier alpha value is -1.97. The highest BCUT2D eigenvalue weighted by atomic mass is 16.2. The minimum absolute atomic E-state index is 0.301. The third-order valence-corrected chi connectivity index (χ3v) is 1.84. The summed E-state index contributed by atoms with van der Waals surface area (Å²) >= 11 is 0. The first-order valence-electron chi connectivity index (χ1n) is 4.68. The summed E-state index contributed by atoms with van der Waals surface area (Å²) in [5.41, 5.74) is 7.93. The number of hydrogen-bond acceptors (Lipinski definition) is 2. The van der Waals surface area contributed by atoms with E-state index in [0.29, 0.717) is 11.4 Å². The van der Waals surface area contributed by atoms with Crippen LogP contribution in [0.1, 0.15) is 12.5 Å². The van der Waals surface area contributed by atoms with Gasteiger partial charge in [-0.3, -0.25) is 0 Å². The molecule has 0 aliphatic heterocycles. The maximum atomic E-state index is 11.3. The van der Waals surface area contributed by atoms with E-state index in [1.54, 1.807) is 18.3 Å². The first-order valence-corrected chi connectivity index (χ1v) is 4.68. The molecule has 4 heteroatoms. The van der Waals surface area contributed by atoms with Crippen LogP contribution < -0.4 is 16.4 Å². The van der Waals surface area contributed by atoms with Crippen LogP contribution in [0.4, 0.5) is 16.2 Å². The Kier molecular flexibility index (Phi) is 3.74. The van der Waals surface area contributed by atoms with Gasteiger partial charge in [-0.2, -0.15) is 0 Å². The van der Waals surface area contributed by atoms with Crippen LogP contribution in [0, 0.1) is 6.92 Å². The van der Waals surface area contributed by atoms with Crippen molar-refractivity contribution in [1.29, 1.82) is 0 Å². The highest BCUT2D eigenvalue weighted by Crippen LogP contribution is 2.19. The van der Waals surface area contributed by atoms with E-state index in [2.05, 4.69) is 10.6 Å².